The van der Waals surface area contributed by atoms with Crippen LogP contribution < -0.4 is 11.5 Å². The molecule has 0 unspecified atom stereocenters. The van der Waals surface area contributed by atoms with Crippen molar-refractivity contribution in [2.75, 3.05) is 18.6 Å². The molecule has 0 aliphatic rings. The van der Waals surface area contributed by atoms with Gasteiger partial charge in [0.25, 0.3) is 0 Å². The van der Waals surface area contributed by atoms with Gasteiger partial charge in [-0.05, 0) is 18.2 Å². The number of carbonyl (C=O) groups excluding carboxylic acids is 1. The summed E-state index contributed by atoms with van der Waals surface area (Å²) in [5, 5.41) is 0.716. The first-order valence-corrected chi connectivity index (χ1v) is 4.38. The first-order valence-electron chi connectivity index (χ1n) is 4.38. The van der Waals surface area contributed by atoms with Crippen LogP contribution in [0.4, 0.5) is 11.5 Å². The highest BCUT2D eigenvalue weighted by Gasteiger charge is 2.12. The van der Waals surface area contributed by atoms with Gasteiger partial charge in [-0.25, -0.2) is 4.79 Å². The van der Waals surface area contributed by atoms with Crippen molar-refractivity contribution in [3.63, 3.8) is 0 Å². The van der Waals surface area contributed by atoms with Gasteiger partial charge in [-0.3, -0.25) is 0 Å². The largest absolute Gasteiger partial charge is 0.465 e. The fraction of sp³-hybridized carbons (Fsp3) is 0.100. The third-order valence-corrected chi connectivity index (χ3v) is 2.19. The van der Waals surface area contributed by atoms with Crippen molar-refractivity contribution in [2.45, 2.75) is 0 Å². The standard InChI is InChI=1S/C10H11N3O2/c1-15-10(14)7-2-5(11)3-8-6(7)4-9(12)13-8/h2-4,13H,11-12H2,1H3. The second-order valence-corrected chi connectivity index (χ2v) is 3.25. The Labute approximate surface area is 86.0 Å². The van der Waals surface area contributed by atoms with Gasteiger partial charge in [-0.15, -0.1) is 0 Å². The van der Waals surface area contributed by atoms with Crippen LogP contribution in [0.3, 0.4) is 0 Å². The predicted molar refractivity (Wildman–Crippen MR) is 58.5 cm³/mol. The lowest BCUT2D eigenvalue weighted by atomic mass is 10.1. The number of hydrogen-bond donors (Lipinski definition) is 3. The van der Waals surface area contributed by atoms with Crippen LogP contribution in [-0.2, 0) is 4.74 Å². The van der Waals surface area contributed by atoms with Gasteiger partial charge in [-0.2, -0.15) is 0 Å². The molecule has 0 saturated heterocycles. The van der Waals surface area contributed by atoms with E-state index in [1.807, 2.05) is 0 Å². The molecule has 0 amide bonds. The molecule has 78 valence electrons. The third-order valence-electron chi connectivity index (χ3n) is 2.19. The smallest absolute Gasteiger partial charge is 0.338 e. The Hall–Kier alpha value is -2.17. The van der Waals surface area contributed by atoms with Crippen LogP contribution in [0.1, 0.15) is 10.4 Å². The van der Waals surface area contributed by atoms with E-state index in [1.165, 1.54) is 7.11 Å². The Kier molecular flexibility index (Phi) is 2.00. The molecule has 0 fully saturated rings. The van der Waals surface area contributed by atoms with Crippen molar-refractivity contribution in [3.8, 4) is 0 Å². The quantitative estimate of drug-likeness (QED) is 0.480. The van der Waals surface area contributed by atoms with Crippen LogP contribution >= 0.6 is 0 Å². The molecule has 2 aromatic rings. The molecule has 0 saturated carbocycles. The fourth-order valence-electron chi connectivity index (χ4n) is 1.56. The number of hydrogen-bond acceptors (Lipinski definition) is 4. The van der Waals surface area contributed by atoms with E-state index in [0.29, 0.717) is 22.5 Å². The average molecular weight is 205 g/mol. The minimum absolute atomic E-state index is 0.417. The van der Waals surface area contributed by atoms with E-state index in [2.05, 4.69) is 9.72 Å². The van der Waals surface area contributed by atoms with Gasteiger partial charge < -0.3 is 21.2 Å². The van der Waals surface area contributed by atoms with Crippen molar-refractivity contribution >= 4 is 28.4 Å². The van der Waals surface area contributed by atoms with Crippen LogP contribution in [0.2, 0.25) is 0 Å². The number of aromatic nitrogens is 1. The van der Waals surface area contributed by atoms with E-state index in [-0.39, 0.29) is 0 Å². The first-order chi connectivity index (χ1) is 7.11. The summed E-state index contributed by atoms with van der Waals surface area (Å²) in [5.74, 6) is 0.0621. The van der Waals surface area contributed by atoms with E-state index in [0.717, 1.165) is 5.52 Å². The van der Waals surface area contributed by atoms with Crippen molar-refractivity contribution in [1.82, 2.24) is 4.98 Å². The molecule has 1 heterocycles. The summed E-state index contributed by atoms with van der Waals surface area (Å²) >= 11 is 0. The molecule has 15 heavy (non-hydrogen) atoms. The van der Waals surface area contributed by atoms with Crippen LogP contribution in [-0.4, -0.2) is 18.1 Å². The summed E-state index contributed by atoms with van der Waals surface area (Å²) in [6, 6.07) is 4.97. The molecule has 0 atom stereocenters. The van der Waals surface area contributed by atoms with Crippen molar-refractivity contribution in [3.05, 3.63) is 23.8 Å². The lowest BCUT2D eigenvalue weighted by Crippen LogP contribution is -2.02. The van der Waals surface area contributed by atoms with Gasteiger partial charge in [0.15, 0.2) is 0 Å². The number of ether oxygens (including phenoxy) is 1. The lowest BCUT2D eigenvalue weighted by Gasteiger charge is -2.02. The number of aromatic amines is 1. The van der Waals surface area contributed by atoms with E-state index in [4.69, 9.17) is 11.5 Å². The Morgan fingerprint density at radius 2 is 2.07 bits per heavy atom. The molecule has 2 rings (SSSR count). The number of nitrogen functional groups attached to an aromatic ring is 2. The highest BCUT2D eigenvalue weighted by atomic mass is 16.5. The van der Waals surface area contributed by atoms with E-state index < -0.39 is 5.97 Å². The number of rotatable bonds is 1. The summed E-state index contributed by atoms with van der Waals surface area (Å²) in [5.41, 5.74) is 12.9. The maximum Gasteiger partial charge on any atom is 0.338 e. The highest BCUT2D eigenvalue weighted by molar-refractivity contribution is 6.06. The van der Waals surface area contributed by atoms with E-state index in [1.54, 1.807) is 18.2 Å². The summed E-state index contributed by atoms with van der Waals surface area (Å²) in [6.45, 7) is 0. The third kappa shape index (κ3) is 1.48. The zero-order valence-electron chi connectivity index (χ0n) is 8.20. The number of nitrogens with one attached hydrogen (secondary N) is 1. The summed E-state index contributed by atoms with van der Waals surface area (Å²) in [4.78, 5) is 14.4. The Morgan fingerprint density at radius 3 is 2.73 bits per heavy atom. The first kappa shape index (κ1) is 9.39. The summed E-state index contributed by atoms with van der Waals surface area (Å²) in [7, 11) is 1.33. The van der Waals surface area contributed by atoms with E-state index >= 15 is 0 Å². The van der Waals surface area contributed by atoms with Crippen LogP contribution in [0, 0.1) is 0 Å². The number of methoxy groups -OCH3 is 1. The molecule has 0 bridgehead atoms. The van der Waals surface area contributed by atoms with Crippen molar-refractivity contribution in [1.29, 1.82) is 0 Å². The highest BCUT2D eigenvalue weighted by Crippen LogP contribution is 2.24. The molecule has 5 nitrogen and oxygen atoms in total. The molecular weight excluding hydrogens is 194 g/mol. The molecule has 5 heteroatoms. The van der Waals surface area contributed by atoms with Crippen molar-refractivity contribution in [2.24, 2.45) is 0 Å². The minimum Gasteiger partial charge on any atom is -0.465 e. The Morgan fingerprint density at radius 1 is 1.33 bits per heavy atom. The number of nitrogens with two attached hydrogens (primary N) is 2. The van der Waals surface area contributed by atoms with Crippen LogP contribution in [0.25, 0.3) is 10.9 Å². The molecule has 0 spiro atoms. The summed E-state index contributed by atoms with van der Waals surface area (Å²) in [6.07, 6.45) is 0. The lowest BCUT2D eigenvalue weighted by molar-refractivity contribution is 0.0603. The van der Waals surface area contributed by atoms with Gasteiger partial charge in [0.2, 0.25) is 0 Å². The van der Waals surface area contributed by atoms with Crippen molar-refractivity contribution < 1.29 is 9.53 Å². The van der Waals surface area contributed by atoms with Gasteiger partial charge in [0, 0.05) is 16.6 Å². The second-order valence-electron chi connectivity index (χ2n) is 3.25. The molecule has 0 aliphatic heterocycles. The predicted octanol–water partition coefficient (Wildman–Crippen LogP) is 1.12. The van der Waals surface area contributed by atoms with Gasteiger partial charge in [-0.1, -0.05) is 0 Å². The maximum atomic E-state index is 11.5. The summed E-state index contributed by atoms with van der Waals surface area (Å²) < 4.78 is 4.66. The SMILES string of the molecule is COC(=O)c1cc(N)cc2[nH]c(N)cc12. The minimum atomic E-state index is -0.425. The Balaban J connectivity index is 2.75. The number of anilines is 2. The van der Waals surface area contributed by atoms with Crippen LogP contribution in [0.15, 0.2) is 18.2 Å². The maximum absolute atomic E-state index is 11.5. The second kappa shape index (κ2) is 3.20. The van der Waals surface area contributed by atoms with Crippen LogP contribution in [0.5, 0.6) is 0 Å². The van der Waals surface area contributed by atoms with E-state index in [9.17, 15) is 4.79 Å². The molecular formula is C10H11N3O2. The molecule has 0 radical (unpaired) electrons. The number of esters is 1. The van der Waals surface area contributed by atoms with Gasteiger partial charge >= 0.3 is 5.97 Å². The topological polar surface area (TPSA) is 94.1 Å². The molecule has 5 N–H and O–H groups in total. The number of carbonyl (C=O) groups is 1. The monoisotopic (exact) mass is 205 g/mol. The molecule has 1 aromatic carbocycles. The molecule has 1 aromatic heterocycles. The molecule has 0 aliphatic carbocycles. The zero-order valence-corrected chi connectivity index (χ0v) is 8.20. The number of benzene rings is 1. The normalized spacial score (nSPS) is 10.5. The number of H-pyrrole nitrogens is 1. The number of fused-ring (bicyclic) bond motifs is 1. The van der Waals surface area contributed by atoms with Gasteiger partial charge in [0.1, 0.15) is 5.82 Å². The average Bonchev–Trinajstić information content (AvgIpc) is 2.55. The fourth-order valence-corrected chi connectivity index (χ4v) is 1.56. The van der Waals surface area contributed by atoms with Gasteiger partial charge in [0.05, 0.1) is 12.7 Å². The Bertz CT molecular complexity index is 531. The zero-order chi connectivity index (χ0) is 11.0.